The van der Waals surface area contributed by atoms with E-state index in [2.05, 4.69) is 0 Å². The molecule has 0 aromatic rings. The molecule has 0 N–H and O–H groups in total. The van der Waals surface area contributed by atoms with Gasteiger partial charge in [-0.15, -0.1) is 0 Å². The first-order chi connectivity index (χ1) is 5.84. The summed E-state index contributed by atoms with van der Waals surface area (Å²) in [6.07, 6.45) is -0.438. The maximum absolute atomic E-state index is 11.8. The van der Waals surface area contributed by atoms with Gasteiger partial charge in [0, 0.05) is 19.6 Å². The van der Waals surface area contributed by atoms with Crippen molar-refractivity contribution in [3.05, 3.63) is 0 Å². The van der Waals surface area contributed by atoms with Crippen LogP contribution in [0.25, 0.3) is 0 Å². The molecule has 0 fully saturated rings. The normalized spacial score (nSPS) is 14.7. The summed E-state index contributed by atoms with van der Waals surface area (Å²) in [7, 11) is 3.08. The van der Waals surface area contributed by atoms with E-state index in [9.17, 15) is 4.79 Å². The topological polar surface area (TPSA) is 35.5 Å². The van der Waals surface area contributed by atoms with Gasteiger partial charge >= 0.3 is 0 Å². The SMILES string of the molecule is COC(OC)C(C)C(=O)C(C)(C)C. The van der Waals surface area contributed by atoms with E-state index in [0.29, 0.717) is 0 Å². The molecule has 1 unspecified atom stereocenters. The van der Waals surface area contributed by atoms with E-state index in [1.807, 2.05) is 27.7 Å². The fourth-order valence-electron chi connectivity index (χ4n) is 1.31. The quantitative estimate of drug-likeness (QED) is 0.632. The van der Waals surface area contributed by atoms with E-state index in [-0.39, 0.29) is 17.1 Å². The molecule has 0 spiro atoms. The first kappa shape index (κ1) is 12.6. The standard InChI is InChI=1S/C10H20O3/c1-7(9(12-5)13-6)8(11)10(2,3)4/h7,9H,1-6H3. The Balaban J connectivity index is 4.41. The van der Waals surface area contributed by atoms with Crippen LogP contribution in [0.3, 0.4) is 0 Å². The zero-order valence-corrected chi connectivity index (χ0v) is 9.38. The van der Waals surface area contributed by atoms with Crippen molar-refractivity contribution in [2.75, 3.05) is 14.2 Å². The Labute approximate surface area is 80.4 Å². The summed E-state index contributed by atoms with van der Waals surface area (Å²) in [6.45, 7) is 7.52. The second kappa shape index (κ2) is 4.72. The number of ether oxygens (including phenoxy) is 2. The first-order valence-electron chi connectivity index (χ1n) is 4.44. The molecule has 0 rings (SSSR count). The number of hydrogen-bond acceptors (Lipinski definition) is 3. The fourth-order valence-corrected chi connectivity index (χ4v) is 1.31. The van der Waals surface area contributed by atoms with Crippen LogP contribution in [0.4, 0.5) is 0 Å². The lowest BCUT2D eigenvalue weighted by Gasteiger charge is -2.26. The van der Waals surface area contributed by atoms with Crippen molar-refractivity contribution in [1.82, 2.24) is 0 Å². The number of carbonyl (C=O) groups is 1. The van der Waals surface area contributed by atoms with Gasteiger partial charge in [-0.2, -0.15) is 0 Å². The fraction of sp³-hybridized carbons (Fsp3) is 0.900. The minimum atomic E-state index is -0.438. The Morgan fingerprint density at radius 1 is 1.15 bits per heavy atom. The summed E-state index contributed by atoms with van der Waals surface area (Å²) in [6, 6.07) is 0. The smallest absolute Gasteiger partial charge is 0.166 e. The summed E-state index contributed by atoms with van der Waals surface area (Å²) < 4.78 is 10.1. The lowest BCUT2D eigenvalue weighted by molar-refractivity contribution is -0.159. The molecule has 0 aliphatic heterocycles. The van der Waals surface area contributed by atoms with Crippen molar-refractivity contribution >= 4 is 5.78 Å². The number of ketones is 1. The van der Waals surface area contributed by atoms with Crippen LogP contribution < -0.4 is 0 Å². The van der Waals surface area contributed by atoms with Crippen LogP contribution in [0, 0.1) is 11.3 Å². The van der Waals surface area contributed by atoms with Gasteiger partial charge in [-0.1, -0.05) is 27.7 Å². The van der Waals surface area contributed by atoms with Gasteiger partial charge < -0.3 is 9.47 Å². The van der Waals surface area contributed by atoms with Gasteiger partial charge in [0.1, 0.15) is 5.78 Å². The third-order valence-electron chi connectivity index (χ3n) is 2.03. The van der Waals surface area contributed by atoms with Crippen molar-refractivity contribution in [2.45, 2.75) is 34.0 Å². The van der Waals surface area contributed by atoms with Gasteiger partial charge in [-0.25, -0.2) is 0 Å². The van der Waals surface area contributed by atoms with Crippen LogP contribution >= 0.6 is 0 Å². The van der Waals surface area contributed by atoms with Crippen LogP contribution in [-0.4, -0.2) is 26.3 Å². The van der Waals surface area contributed by atoms with Gasteiger partial charge in [0.25, 0.3) is 0 Å². The van der Waals surface area contributed by atoms with E-state index in [1.54, 1.807) is 14.2 Å². The lowest BCUT2D eigenvalue weighted by Crippen LogP contribution is -2.36. The molecule has 3 nitrogen and oxygen atoms in total. The van der Waals surface area contributed by atoms with Crippen LogP contribution in [0.5, 0.6) is 0 Å². The lowest BCUT2D eigenvalue weighted by atomic mass is 9.83. The monoisotopic (exact) mass is 188 g/mol. The van der Waals surface area contributed by atoms with E-state index in [0.717, 1.165) is 0 Å². The predicted octanol–water partition coefficient (Wildman–Crippen LogP) is 1.86. The molecule has 0 bridgehead atoms. The van der Waals surface area contributed by atoms with Crippen molar-refractivity contribution in [1.29, 1.82) is 0 Å². The van der Waals surface area contributed by atoms with E-state index >= 15 is 0 Å². The maximum atomic E-state index is 11.8. The minimum Gasteiger partial charge on any atom is -0.355 e. The Bertz CT molecular complexity index is 165. The molecule has 0 radical (unpaired) electrons. The zero-order valence-electron chi connectivity index (χ0n) is 9.38. The number of hydrogen-bond donors (Lipinski definition) is 0. The summed E-state index contributed by atoms with van der Waals surface area (Å²) in [4.78, 5) is 11.8. The Morgan fingerprint density at radius 3 is 1.77 bits per heavy atom. The Hall–Kier alpha value is -0.410. The molecule has 0 aromatic carbocycles. The summed E-state index contributed by atoms with van der Waals surface area (Å²) in [5.41, 5.74) is -0.339. The molecule has 0 aromatic heterocycles. The summed E-state index contributed by atoms with van der Waals surface area (Å²) in [5, 5.41) is 0. The van der Waals surface area contributed by atoms with Crippen LogP contribution in [0.2, 0.25) is 0 Å². The number of Topliss-reactive ketones (excluding diaryl/α,β-unsaturated/α-hetero) is 1. The number of rotatable bonds is 4. The average Bonchev–Trinajstić information content (AvgIpc) is 2.03. The van der Waals surface area contributed by atoms with Crippen molar-refractivity contribution in [3.63, 3.8) is 0 Å². The molecule has 0 saturated heterocycles. The molecule has 1 atom stereocenters. The molecule has 0 aliphatic carbocycles. The Morgan fingerprint density at radius 2 is 1.54 bits per heavy atom. The predicted molar refractivity (Wildman–Crippen MR) is 51.4 cm³/mol. The molecule has 0 aliphatic rings. The molecular weight excluding hydrogens is 168 g/mol. The number of methoxy groups -OCH3 is 2. The average molecular weight is 188 g/mol. The van der Waals surface area contributed by atoms with Gasteiger partial charge in [0.15, 0.2) is 6.29 Å². The van der Waals surface area contributed by atoms with Gasteiger partial charge in [0.05, 0.1) is 5.92 Å². The molecular formula is C10H20O3. The second-order valence-corrected chi connectivity index (χ2v) is 4.24. The Kier molecular flexibility index (Phi) is 4.57. The van der Waals surface area contributed by atoms with E-state index in [4.69, 9.17) is 9.47 Å². The highest BCUT2D eigenvalue weighted by Crippen LogP contribution is 2.23. The zero-order chi connectivity index (χ0) is 10.6. The van der Waals surface area contributed by atoms with Gasteiger partial charge in [-0.3, -0.25) is 4.79 Å². The van der Waals surface area contributed by atoms with Gasteiger partial charge in [-0.05, 0) is 0 Å². The molecule has 13 heavy (non-hydrogen) atoms. The van der Waals surface area contributed by atoms with Gasteiger partial charge in [0.2, 0.25) is 0 Å². The third-order valence-corrected chi connectivity index (χ3v) is 2.03. The van der Waals surface area contributed by atoms with E-state index < -0.39 is 6.29 Å². The van der Waals surface area contributed by atoms with Crippen LogP contribution in [0.15, 0.2) is 0 Å². The highest BCUT2D eigenvalue weighted by molar-refractivity contribution is 5.85. The minimum absolute atomic E-state index is 0.154. The maximum Gasteiger partial charge on any atom is 0.166 e. The molecule has 3 heteroatoms. The first-order valence-corrected chi connectivity index (χ1v) is 4.44. The van der Waals surface area contributed by atoms with Crippen LogP contribution in [-0.2, 0) is 14.3 Å². The summed E-state index contributed by atoms with van der Waals surface area (Å²) >= 11 is 0. The largest absolute Gasteiger partial charge is 0.355 e. The van der Waals surface area contributed by atoms with E-state index in [1.165, 1.54) is 0 Å². The van der Waals surface area contributed by atoms with Crippen LogP contribution in [0.1, 0.15) is 27.7 Å². The molecule has 0 heterocycles. The second-order valence-electron chi connectivity index (χ2n) is 4.24. The highest BCUT2D eigenvalue weighted by atomic mass is 16.7. The molecule has 0 amide bonds. The van der Waals surface area contributed by atoms with Crippen molar-refractivity contribution in [2.24, 2.45) is 11.3 Å². The third kappa shape index (κ3) is 3.44. The van der Waals surface area contributed by atoms with Crippen molar-refractivity contribution < 1.29 is 14.3 Å². The highest BCUT2D eigenvalue weighted by Gasteiger charge is 2.31. The molecule has 0 saturated carbocycles. The molecule has 78 valence electrons. The summed E-state index contributed by atoms with van der Waals surface area (Å²) in [5.74, 6) is -0.0730. The number of carbonyl (C=O) groups excluding carboxylic acids is 1. The van der Waals surface area contributed by atoms with Crippen molar-refractivity contribution in [3.8, 4) is 0 Å².